The van der Waals surface area contributed by atoms with Crippen LogP contribution in [0.25, 0.3) is 0 Å². The number of hydrogen-bond donors (Lipinski definition) is 4. The fourth-order valence-corrected chi connectivity index (χ4v) is 2.60. The molecule has 2 atom stereocenters. The third-order valence-corrected chi connectivity index (χ3v) is 4.20. The minimum atomic E-state index is -1.17. The molecule has 1 aliphatic heterocycles. The Balaban J connectivity index is 2.17. The van der Waals surface area contributed by atoms with Crippen LogP contribution in [0.4, 0.5) is 16.2 Å². The average molecular weight is 362 g/mol. The van der Waals surface area contributed by atoms with Crippen LogP contribution in [0, 0.1) is 5.92 Å². The van der Waals surface area contributed by atoms with Gasteiger partial charge in [0, 0.05) is 0 Å². The molecule has 140 valence electrons. The van der Waals surface area contributed by atoms with E-state index in [-0.39, 0.29) is 18.4 Å². The summed E-state index contributed by atoms with van der Waals surface area (Å²) < 4.78 is 0. The van der Waals surface area contributed by atoms with E-state index in [1.165, 1.54) is 4.90 Å². The molecule has 1 aliphatic rings. The molecule has 0 bridgehead atoms. The Bertz CT molecular complexity index is 721. The molecule has 0 spiro atoms. The van der Waals surface area contributed by atoms with Gasteiger partial charge in [0.2, 0.25) is 11.8 Å². The van der Waals surface area contributed by atoms with E-state index < -0.39 is 30.5 Å². The molecule has 4 N–H and O–H groups in total. The number of carbonyl (C=O) groups is 4. The summed E-state index contributed by atoms with van der Waals surface area (Å²) >= 11 is 0. The molecular weight excluding hydrogens is 340 g/mol. The van der Waals surface area contributed by atoms with Gasteiger partial charge in [-0.1, -0.05) is 32.4 Å². The second-order valence-electron chi connectivity index (χ2n) is 6.08. The number of rotatable bonds is 6. The second kappa shape index (κ2) is 8.32. The van der Waals surface area contributed by atoms with E-state index in [4.69, 9.17) is 5.11 Å². The highest BCUT2D eigenvalue weighted by Gasteiger charge is 2.31. The van der Waals surface area contributed by atoms with Crippen LogP contribution in [0.3, 0.4) is 0 Å². The zero-order chi connectivity index (χ0) is 19.3. The highest BCUT2D eigenvalue weighted by atomic mass is 16.4. The highest BCUT2D eigenvalue weighted by Crippen LogP contribution is 2.28. The Kier molecular flexibility index (Phi) is 6.16. The Hall–Kier alpha value is -3.10. The summed E-state index contributed by atoms with van der Waals surface area (Å²) in [7, 11) is 0. The number of hydrogen-bond acceptors (Lipinski definition) is 4. The molecule has 26 heavy (non-hydrogen) atoms. The van der Waals surface area contributed by atoms with E-state index in [1.807, 2.05) is 6.92 Å². The lowest BCUT2D eigenvalue weighted by Crippen LogP contribution is -2.56. The summed E-state index contributed by atoms with van der Waals surface area (Å²) in [5, 5.41) is 16.3. The Morgan fingerprint density at radius 2 is 2.00 bits per heavy atom. The first-order valence-corrected chi connectivity index (χ1v) is 8.29. The van der Waals surface area contributed by atoms with E-state index in [9.17, 15) is 19.2 Å². The number of nitrogens with zero attached hydrogens (tertiary/aromatic N) is 1. The van der Waals surface area contributed by atoms with Crippen molar-refractivity contribution in [3.8, 4) is 0 Å². The van der Waals surface area contributed by atoms with Gasteiger partial charge in [0.05, 0.1) is 11.4 Å². The lowest BCUT2D eigenvalue weighted by molar-refractivity contribution is -0.138. The number of fused-ring (bicyclic) bond motifs is 1. The molecule has 0 aromatic heterocycles. The molecule has 0 saturated carbocycles. The van der Waals surface area contributed by atoms with Gasteiger partial charge in [0.25, 0.3) is 0 Å². The van der Waals surface area contributed by atoms with Crippen molar-refractivity contribution in [2.45, 2.75) is 26.3 Å². The van der Waals surface area contributed by atoms with Gasteiger partial charge < -0.3 is 21.1 Å². The van der Waals surface area contributed by atoms with Gasteiger partial charge in [-0.3, -0.25) is 19.3 Å². The van der Waals surface area contributed by atoms with Crippen molar-refractivity contribution in [1.82, 2.24) is 10.6 Å². The normalized spacial score (nSPS) is 15.3. The average Bonchev–Trinajstić information content (AvgIpc) is 2.62. The van der Waals surface area contributed by atoms with Gasteiger partial charge in [-0.15, -0.1) is 0 Å². The van der Waals surface area contributed by atoms with Crippen LogP contribution >= 0.6 is 0 Å². The maximum absolute atomic E-state index is 12.7. The summed E-state index contributed by atoms with van der Waals surface area (Å²) in [6.45, 7) is 2.93. The summed E-state index contributed by atoms with van der Waals surface area (Å²) in [5.41, 5.74) is 1.03. The number of carboxylic acid groups (broad SMARTS) is 1. The molecule has 1 aromatic carbocycles. The van der Waals surface area contributed by atoms with Crippen LogP contribution in [-0.2, 0) is 14.4 Å². The van der Waals surface area contributed by atoms with Crippen molar-refractivity contribution in [1.29, 1.82) is 0 Å². The minimum absolute atomic E-state index is 0.174. The van der Waals surface area contributed by atoms with E-state index >= 15 is 0 Å². The smallest absolute Gasteiger partial charge is 0.323 e. The van der Waals surface area contributed by atoms with E-state index in [2.05, 4.69) is 16.0 Å². The summed E-state index contributed by atoms with van der Waals surface area (Å²) in [6.07, 6.45) is 0.600. The van der Waals surface area contributed by atoms with E-state index in [1.54, 1.807) is 31.2 Å². The number of carbonyl (C=O) groups excluding carboxylic acids is 3. The fourth-order valence-electron chi connectivity index (χ4n) is 2.60. The number of carboxylic acids is 1. The number of urea groups is 1. The largest absolute Gasteiger partial charge is 0.480 e. The quantitative estimate of drug-likeness (QED) is 0.594. The van der Waals surface area contributed by atoms with Gasteiger partial charge in [-0.25, -0.2) is 4.79 Å². The number of benzene rings is 1. The fraction of sp³-hybridized carbons (Fsp3) is 0.412. The Labute approximate surface area is 150 Å². The molecule has 0 radical (unpaired) electrons. The predicted molar refractivity (Wildman–Crippen MR) is 94.8 cm³/mol. The number of nitrogens with one attached hydrogen (secondary N) is 3. The third-order valence-electron chi connectivity index (χ3n) is 4.20. The van der Waals surface area contributed by atoms with Crippen molar-refractivity contribution < 1.29 is 24.3 Å². The Morgan fingerprint density at radius 1 is 1.31 bits per heavy atom. The molecule has 9 nitrogen and oxygen atoms in total. The topological polar surface area (TPSA) is 128 Å². The van der Waals surface area contributed by atoms with Crippen LogP contribution < -0.4 is 20.9 Å². The van der Waals surface area contributed by atoms with Crippen LogP contribution in [0.5, 0.6) is 0 Å². The van der Waals surface area contributed by atoms with Crippen LogP contribution in [0.15, 0.2) is 24.3 Å². The highest BCUT2D eigenvalue weighted by molar-refractivity contribution is 6.10. The predicted octanol–water partition coefficient (Wildman–Crippen LogP) is 0.770. The molecule has 2 unspecified atom stereocenters. The van der Waals surface area contributed by atoms with Gasteiger partial charge >= 0.3 is 12.0 Å². The van der Waals surface area contributed by atoms with Gasteiger partial charge in [0.15, 0.2) is 0 Å². The van der Waals surface area contributed by atoms with Crippen molar-refractivity contribution in [3.63, 3.8) is 0 Å². The van der Waals surface area contributed by atoms with Gasteiger partial charge in [-0.2, -0.15) is 0 Å². The zero-order valence-electron chi connectivity index (χ0n) is 14.6. The second-order valence-corrected chi connectivity index (χ2v) is 6.08. The molecule has 1 heterocycles. The lowest BCUT2D eigenvalue weighted by Gasteiger charge is -2.31. The summed E-state index contributed by atoms with van der Waals surface area (Å²) in [4.78, 5) is 48.8. The maximum atomic E-state index is 12.7. The molecule has 9 heteroatoms. The summed E-state index contributed by atoms with van der Waals surface area (Å²) in [5.74, 6) is -2.31. The summed E-state index contributed by atoms with van der Waals surface area (Å²) in [6, 6.07) is 5.34. The first kappa shape index (κ1) is 19.2. The molecule has 2 rings (SSSR count). The standard InChI is InChI=1S/C17H22N4O5/c1-3-10(2)15(16(25)18-8-14(23)24)20-17(26)21-9-13(22)19-11-6-4-5-7-12(11)21/h4-7,10,15H,3,8-9H2,1-2H3,(H,18,25)(H,19,22)(H,20,26)(H,23,24). The number of para-hydroxylation sites is 2. The molecule has 0 aliphatic carbocycles. The first-order valence-electron chi connectivity index (χ1n) is 8.29. The van der Waals surface area contributed by atoms with E-state index in [0.717, 1.165) is 0 Å². The molecule has 0 fully saturated rings. The number of aliphatic carboxylic acids is 1. The number of anilines is 2. The lowest BCUT2D eigenvalue weighted by atomic mass is 9.98. The first-order chi connectivity index (χ1) is 12.3. The zero-order valence-corrected chi connectivity index (χ0v) is 14.6. The van der Waals surface area contributed by atoms with Crippen molar-refractivity contribution in [2.24, 2.45) is 5.92 Å². The SMILES string of the molecule is CCC(C)C(NC(=O)N1CC(=O)Nc2ccccc21)C(=O)NCC(=O)O. The van der Waals surface area contributed by atoms with E-state index in [0.29, 0.717) is 17.8 Å². The monoisotopic (exact) mass is 362 g/mol. The molecule has 1 aromatic rings. The van der Waals surface area contributed by atoms with Crippen molar-refractivity contribution in [3.05, 3.63) is 24.3 Å². The number of amides is 4. The minimum Gasteiger partial charge on any atom is -0.480 e. The van der Waals surface area contributed by atoms with Crippen LogP contribution in [-0.4, -0.2) is 48.1 Å². The molecule has 4 amide bonds. The van der Waals surface area contributed by atoms with Crippen molar-refractivity contribution >= 4 is 35.2 Å². The molecule has 0 saturated heterocycles. The van der Waals surface area contributed by atoms with Crippen LogP contribution in [0.2, 0.25) is 0 Å². The van der Waals surface area contributed by atoms with Gasteiger partial charge in [-0.05, 0) is 18.1 Å². The van der Waals surface area contributed by atoms with Crippen molar-refractivity contribution in [2.75, 3.05) is 23.3 Å². The Morgan fingerprint density at radius 3 is 2.65 bits per heavy atom. The maximum Gasteiger partial charge on any atom is 0.323 e. The van der Waals surface area contributed by atoms with Crippen LogP contribution in [0.1, 0.15) is 20.3 Å². The molecular formula is C17H22N4O5. The van der Waals surface area contributed by atoms with Gasteiger partial charge in [0.1, 0.15) is 19.1 Å². The third kappa shape index (κ3) is 4.50.